The summed E-state index contributed by atoms with van der Waals surface area (Å²) < 4.78 is 8.04. The number of hydrogen-bond donors (Lipinski definition) is 1. The van der Waals surface area contributed by atoms with Crippen molar-refractivity contribution in [3.8, 4) is 0 Å². The van der Waals surface area contributed by atoms with Crippen molar-refractivity contribution in [1.82, 2.24) is 9.62 Å². The van der Waals surface area contributed by atoms with Crippen molar-refractivity contribution >= 4 is 23.5 Å². The zero-order valence-electron chi connectivity index (χ0n) is 24.6. The highest BCUT2D eigenvalue weighted by Gasteiger charge is 2.23. The van der Waals surface area contributed by atoms with Gasteiger partial charge in [0.25, 0.3) is 0 Å². The molecule has 0 saturated carbocycles. The van der Waals surface area contributed by atoms with Crippen molar-refractivity contribution in [2.45, 2.75) is 105 Å². The SMILES string of the molecule is C=C(CC[C@@H](CC)N(CCC)SCCC)CNC.CC.CCC(c1ccc(Cl)cc1)C1CCOCC1. The van der Waals surface area contributed by atoms with E-state index in [0.717, 1.165) is 37.1 Å². The molecule has 1 aliphatic rings. The van der Waals surface area contributed by atoms with Crippen LogP contribution in [0.3, 0.4) is 0 Å². The maximum atomic E-state index is 5.93. The predicted octanol–water partition coefficient (Wildman–Crippen LogP) is 9.38. The summed E-state index contributed by atoms with van der Waals surface area (Å²) in [5.74, 6) is 2.69. The Kier molecular flexibility index (Phi) is 23.2. The number of nitrogens with zero attached hydrogens (tertiary/aromatic N) is 1. The van der Waals surface area contributed by atoms with E-state index >= 15 is 0 Å². The van der Waals surface area contributed by atoms with Gasteiger partial charge < -0.3 is 10.1 Å². The molecule has 36 heavy (non-hydrogen) atoms. The molecule has 0 amide bonds. The van der Waals surface area contributed by atoms with E-state index in [1.165, 1.54) is 68.4 Å². The van der Waals surface area contributed by atoms with Gasteiger partial charge in [-0.2, -0.15) is 0 Å². The van der Waals surface area contributed by atoms with E-state index in [4.69, 9.17) is 16.3 Å². The summed E-state index contributed by atoms with van der Waals surface area (Å²) in [6.45, 7) is 21.2. The van der Waals surface area contributed by atoms with Gasteiger partial charge in [-0.15, -0.1) is 0 Å². The van der Waals surface area contributed by atoms with Crippen LogP contribution in [0.4, 0.5) is 0 Å². The lowest BCUT2D eigenvalue weighted by Crippen LogP contribution is -2.30. The molecule has 1 saturated heterocycles. The van der Waals surface area contributed by atoms with Gasteiger partial charge in [0.15, 0.2) is 0 Å². The number of rotatable bonds is 15. The van der Waals surface area contributed by atoms with Crippen LogP contribution in [0.5, 0.6) is 0 Å². The van der Waals surface area contributed by atoms with Crippen LogP contribution < -0.4 is 5.32 Å². The summed E-state index contributed by atoms with van der Waals surface area (Å²) in [5.41, 5.74) is 2.76. The molecular formula is C31H57ClN2OS. The summed E-state index contributed by atoms with van der Waals surface area (Å²) in [4.78, 5) is 0. The smallest absolute Gasteiger partial charge is 0.0468 e. The van der Waals surface area contributed by atoms with E-state index in [1.807, 2.05) is 45.0 Å². The van der Waals surface area contributed by atoms with Gasteiger partial charge in [0, 0.05) is 43.1 Å². The first-order chi connectivity index (χ1) is 17.5. The largest absolute Gasteiger partial charge is 0.381 e. The van der Waals surface area contributed by atoms with Crippen molar-refractivity contribution in [3.05, 3.63) is 47.0 Å². The molecule has 1 heterocycles. The zero-order chi connectivity index (χ0) is 27.2. The number of nitrogens with one attached hydrogen (secondary N) is 1. The monoisotopic (exact) mass is 540 g/mol. The molecule has 1 aromatic carbocycles. The van der Waals surface area contributed by atoms with Gasteiger partial charge in [-0.1, -0.05) is 89.4 Å². The van der Waals surface area contributed by atoms with Crippen LogP contribution in [0, 0.1) is 5.92 Å². The zero-order valence-corrected chi connectivity index (χ0v) is 26.2. The Morgan fingerprint density at radius 3 is 2.22 bits per heavy atom. The molecule has 0 spiro atoms. The normalized spacial score (nSPS) is 15.4. The van der Waals surface area contributed by atoms with Gasteiger partial charge in [0.1, 0.15) is 0 Å². The lowest BCUT2D eigenvalue weighted by atomic mass is 9.80. The van der Waals surface area contributed by atoms with Crippen molar-refractivity contribution in [2.24, 2.45) is 5.92 Å². The van der Waals surface area contributed by atoms with Crippen LogP contribution in [0.1, 0.15) is 104 Å². The summed E-state index contributed by atoms with van der Waals surface area (Å²) in [7, 11) is 1.99. The molecule has 1 unspecified atom stereocenters. The molecule has 0 aliphatic carbocycles. The van der Waals surface area contributed by atoms with E-state index in [9.17, 15) is 0 Å². The van der Waals surface area contributed by atoms with Gasteiger partial charge in [-0.3, -0.25) is 0 Å². The van der Waals surface area contributed by atoms with Crippen LogP contribution in [-0.2, 0) is 4.74 Å². The Balaban J connectivity index is 0.000000638. The third-order valence-electron chi connectivity index (χ3n) is 6.61. The number of likely N-dealkylation sites (N-methyl/N-ethyl adjacent to an activating group) is 1. The number of halogens is 1. The van der Waals surface area contributed by atoms with E-state index in [-0.39, 0.29) is 0 Å². The van der Waals surface area contributed by atoms with E-state index in [2.05, 4.69) is 56.0 Å². The Labute approximate surface area is 234 Å². The van der Waals surface area contributed by atoms with Gasteiger partial charge in [-0.05, 0) is 87.9 Å². The third kappa shape index (κ3) is 15.0. The topological polar surface area (TPSA) is 24.5 Å². The molecule has 210 valence electrons. The first-order valence-electron chi connectivity index (χ1n) is 14.5. The number of hydrogen-bond acceptors (Lipinski definition) is 4. The van der Waals surface area contributed by atoms with E-state index in [1.54, 1.807) is 0 Å². The lowest BCUT2D eigenvalue weighted by molar-refractivity contribution is 0.0573. The maximum Gasteiger partial charge on any atom is 0.0468 e. The lowest BCUT2D eigenvalue weighted by Gasteiger charge is -2.30. The molecule has 0 radical (unpaired) electrons. The van der Waals surface area contributed by atoms with Crippen LogP contribution in [0.25, 0.3) is 0 Å². The first kappa shape index (κ1) is 35.5. The Bertz CT molecular complexity index is 634. The predicted molar refractivity (Wildman–Crippen MR) is 166 cm³/mol. The van der Waals surface area contributed by atoms with Gasteiger partial charge >= 0.3 is 0 Å². The third-order valence-corrected chi connectivity index (χ3v) is 8.27. The van der Waals surface area contributed by atoms with Crippen molar-refractivity contribution in [3.63, 3.8) is 0 Å². The highest BCUT2D eigenvalue weighted by Crippen LogP contribution is 2.34. The fourth-order valence-electron chi connectivity index (χ4n) is 4.71. The second-order valence-corrected chi connectivity index (χ2v) is 10.9. The molecule has 0 aromatic heterocycles. The Morgan fingerprint density at radius 1 is 1.08 bits per heavy atom. The molecule has 2 rings (SSSR count). The second-order valence-electron chi connectivity index (χ2n) is 9.37. The van der Waals surface area contributed by atoms with E-state index in [0.29, 0.717) is 12.0 Å². The van der Waals surface area contributed by atoms with Crippen molar-refractivity contribution in [1.29, 1.82) is 0 Å². The van der Waals surface area contributed by atoms with Crippen LogP contribution in [-0.4, -0.2) is 49.5 Å². The quantitative estimate of drug-likeness (QED) is 0.177. The van der Waals surface area contributed by atoms with E-state index < -0.39 is 0 Å². The summed E-state index contributed by atoms with van der Waals surface area (Å²) in [5, 5.41) is 4.00. The van der Waals surface area contributed by atoms with Crippen molar-refractivity contribution in [2.75, 3.05) is 39.1 Å². The van der Waals surface area contributed by atoms with Gasteiger partial charge in [0.2, 0.25) is 0 Å². The molecule has 3 nitrogen and oxygen atoms in total. The average molecular weight is 541 g/mol. The molecule has 1 aliphatic heterocycles. The molecule has 0 bridgehead atoms. The number of ether oxygens (including phenoxy) is 1. The molecule has 1 aromatic rings. The van der Waals surface area contributed by atoms with Gasteiger partial charge in [0.05, 0.1) is 0 Å². The molecular weight excluding hydrogens is 484 g/mol. The van der Waals surface area contributed by atoms with Gasteiger partial charge in [-0.25, -0.2) is 4.31 Å². The Morgan fingerprint density at radius 2 is 1.72 bits per heavy atom. The fourth-order valence-corrected chi connectivity index (χ4v) is 6.03. The van der Waals surface area contributed by atoms with Crippen LogP contribution >= 0.6 is 23.5 Å². The molecule has 1 fully saturated rings. The Hall–Kier alpha value is -0.520. The highest BCUT2D eigenvalue weighted by atomic mass is 35.5. The summed E-state index contributed by atoms with van der Waals surface area (Å²) >= 11 is 7.96. The average Bonchev–Trinajstić information content (AvgIpc) is 2.91. The summed E-state index contributed by atoms with van der Waals surface area (Å²) in [6, 6.07) is 9.05. The molecule has 5 heteroatoms. The fraction of sp³-hybridized carbons (Fsp3) is 0.742. The maximum absolute atomic E-state index is 5.93. The standard InChI is InChI=1S/C15H32N2S.C14H19ClO.C2H6/c1-6-11-17(18-12-7-2)15(8-3)10-9-14(4)13-16-5;1-2-14(12-7-9-16-10-8-12)11-3-5-13(15)6-4-11;1-2/h15-16H,4,6-13H2,1-3,5H3;3-6,12,14H,2,7-10H2,1H3;1-2H3/t15-;;/m1../s1. The minimum atomic E-state index is 0.668. The number of benzene rings is 1. The molecule has 1 N–H and O–H groups in total. The first-order valence-corrected chi connectivity index (χ1v) is 15.9. The minimum absolute atomic E-state index is 0.668. The second kappa shape index (κ2) is 23.6. The highest BCUT2D eigenvalue weighted by molar-refractivity contribution is 7.97. The minimum Gasteiger partial charge on any atom is -0.381 e. The van der Waals surface area contributed by atoms with Crippen molar-refractivity contribution < 1.29 is 4.74 Å². The van der Waals surface area contributed by atoms with Crippen LogP contribution in [0.15, 0.2) is 36.4 Å². The summed E-state index contributed by atoms with van der Waals surface area (Å²) in [6.07, 6.45) is 9.72. The van der Waals surface area contributed by atoms with Crippen LogP contribution in [0.2, 0.25) is 5.02 Å². The molecule has 2 atom stereocenters.